The molecule has 0 bridgehead atoms. The minimum Gasteiger partial charge on any atom is -0.373 e. The number of hydrogen-bond acceptors (Lipinski definition) is 2. The van der Waals surface area contributed by atoms with Crippen LogP contribution < -0.4 is 5.32 Å². The largest absolute Gasteiger partial charge is 0.373 e. The van der Waals surface area contributed by atoms with Gasteiger partial charge in [-0.1, -0.05) is 26.0 Å². The number of hydrogen-bond donors (Lipinski definition) is 1. The number of allylic oxidation sites excluding steroid dienone is 1. The first-order valence-electron chi connectivity index (χ1n) is 5.28. The minimum absolute atomic E-state index is 0.364. The summed E-state index contributed by atoms with van der Waals surface area (Å²) in [5, 5.41) is 3.36. The highest BCUT2D eigenvalue weighted by molar-refractivity contribution is 4.76. The average molecular weight is 185 g/mol. The molecule has 2 heteroatoms. The van der Waals surface area contributed by atoms with Crippen LogP contribution in [0.25, 0.3) is 0 Å². The van der Waals surface area contributed by atoms with Gasteiger partial charge in [0.1, 0.15) is 0 Å². The fourth-order valence-corrected chi connectivity index (χ4v) is 1.05. The van der Waals surface area contributed by atoms with Crippen molar-refractivity contribution in [1.82, 2.24) is 5.32 Å². The summed E-state index contributed by atoms with van der Waals surface area (Å²) in [7, 11) is 0. The van der Waals surface area contributed by atoms with E-state index < -0.39 is 0 Å². The molecule has 1 atom stereocenters. The van der Waals surface area contributed by atoms with Crippen LogP contribution in [0, 0.1) is 0 Å². The van der Waals surface area contributed by atoms with Gasteiger partial charge in [-0.2, -0.15) is 0 Å². The zero-order chi connectivity index (χ0) is 9.94. The smallest absolute Gasteiger partial charge is 0.0701 e. The van der Waals surface area contributed by atoms with Crippen molar-refractivity contribution in [3.8, 4) is 0 Å². The van der Waals surface area contributed by atoms with E-state index >= 15 is 0 Å². The van der Waals surface area contributed by atoms with E-state index in [2.05, 4.69) is 19.2 Å². The molecule has 1 N–H and O–H groups in total. The lowest BCUT2D eigenvalue weighted by atomic mass is 10.2. The first-order chi connectivity index (χ1) is 6.35. The maximum Gasteiger partial charge on any atom is 0.0701 e. The van der Waals surface area contributed by atoms with Crippen molar-refractivity contribution in [2.75, 3.05) is 19.7 Å². The molecule has 13 heavy (non-hydrogen) atoms. The predicted octanol–water partition coefficient (Wildman–Crippen LogP) is 2.36. The van der Waals surface area contributed by atoms with E-state index in [-0.39, 0.29) is 0 Å². The molecule has 0 rings (SSSR count). The summed E-state index contributed by atoms with van der Waals surface area (Å²) in [5.74, 6) is 0. The molecule has 0 aromatic heterocycles. The van der Waals surface area contributed by atoms with E-state index in [1.54, 1.807) is 0 Å². The molecule has 0 saturated heterocycles. The molecule has 0 aromatic rings. The van der Waals surface area contributed by atoms with E-state index in [1.807, 2.05) is 19.1 Å². The molecule has 0 fully saturated rings. The molecule has 78 valence electrons. The zero-order valence-corrected chi connectivity index (χ0v) is 9.18. The lowest BCUT2D eigenvalue weighted by molar-refractivity contribution is 0.0713. The summed E-state index contributed by atoms with van der Waals surface area (Å²) in [6.07, 6.45) is 6.69. The Morgan fingerprint density at radius 3 is 2.69 bits per heavy atom. The van der Waals surface area contributed by atoms with E-state index in [0.717, 1.165) is 26.1 Å². The predicted molar refractivity (Wildman–Crippen MR) is 58.0 cm³/mol. The summed E-state index contributed by atoms with van der Waals surface area (Å²) in [6.45, 7) is 9.15. The quantitative estimate of drug-likeness (QED) is 0.463. The highest BCUT2D eigenvalue weighted by Gasteiger charge is 2.03. The highest BCUT2D eigenvalue weighted by Crippen LogP contribution is 1.96. The number of rotatable bonds is 8. The molecular formula is C11H23NO. The van der Waals surface area contributed by atoms with Gasteiger partial charge in [0.2, 0.25) is 0 Å². The Labute approximate surface area is 82.4 Å². The summed E-state index contributed by atoms with van der Waals surface area (Å²) < 4.78 is 5.63. The van der Waals surface area contributed by atoms with Gasteiger partial charge in [-0.25, -0.2) is 0 Å². The van der Waals surface area contributed by atoms with Gasteiger partial charge < -0.3 is 10.1 Å². The second kappa shape index (κ2) is 9.75. The standard InChI is InChI=1S/C11H23NO/c1-4-7-9-13-11(6-3)10-12-8-5-2/h4,7,11-12H,5-6,8-10H2,1-3H3. The molecule has 0 saturated carbocycles. The lowest BCUT2D eigenvalue weighted by Gasteiger charge is -2.15. The van der Waals surface area contributed by atoms with Gasteiger partial charge in [0.05, 0.1) is 12.7 Å². The van der Waals surface area contributed by atoms with Crippen LogP contribution in [0.15, 0.2) is 12.2 Å². The fourth-order valence-electron chi connectivity index (χ4n) is 1.05. The first kappa shape index (κ1) is 12.7. The van der Waals surface area contributed by atoms with Crippen molar-refractivity contribution in [2.24, 2.45) is 0 Å². The van der Waals surface area contributed by atoms with Crippen LogP contribution in [0.5, 0.6) is 0 Å². The van der Waals surface area contributed by atoms with E-state index in [4.69, 9.17) is 4.74 Å². The molecule has 0 aliphatic heterocycles. The van der Waals surface area contributed by atoms with Crippen LogP contribution in [0.3, 0.4) is 0 Å². The summed E-state index contributed by atoms with van der Waals surface area (Å²) in [4.78, 5) is 0. The minimum atomic E-state index is 0.364. The Kier molecular flexibility index (Phi) is 9.49. The van der Waals surface area contributed by atoms with Crippen LogP contribution in [0.1, 0.15) is 33.6 Å². The van der Waals surface area contributed by atoms with Crippen molar-refractivity contribution < 1.29 is 4.74 Å². The van der Waals surface area contributed by atoms with E-state index in [0.29, 0.717) is 6.10 Å². The molecule has 0 heterocycles. The van der Waals surface area contributed by atoms with Crippen LogP contribution in [-0.2, 0) is 4.74 Å². The van der Waals surface area contributed by atoms with Gasteiger partial charge in [0.25, 0.3) is 0 Å². The van der Waals surface area contributed by atoms with Crippen molar-refractivity contribution in [3.05, 3.63) is 12.2 Å². The van der Waals surface area contributed by atoms with Crippen LogP contribution in [-0.4, -0.2) is 25.8 Å². The second-order valence-electron chi connectivity index (χ2n) is 3.14. The van der Waals surface area contributed by atoms with Gasteiger partial charge in [-0.05, 0) is 26.3 Å². The van der Waals surface area contributed by atoms with Crippen LogP contribution >= 0.6 is 0 Å². The van der Waals surface area contributed by atoms with Crippen molar-refractivity contribution in [2.45, 2.75) is 39.7 Å². The van der Waals surface area contributed by atoms with Gasteiger partial charge in [0, 0.05) is 6.54 Å². The van der Waals surface area contributed by atoms with Crippen molar-refractivity contribution in [3.63, 3.8) is 0 Å². The Morgan fingerprint density at radius 2 is 2.15 bits per heavy atom. The molecule has 2 nitrogen and oxygen atoms in total. The van der Waals surface area contributed by atoms with Crippen LogP contribution in [0.2, 0.25) is 0 Å². The third-order valence-electron chi connectivity index (χ3n) is 1.92. The van der Waals surface area contributed by atoms with E-state index in [1.165, 1.54) is 6.42 Å². The van der Waals surface area contributed by atoms with Gasteiger partial charge in [-0.3, -0.25) is 0 Å². The average Bonchev–Trinajstić information content (AvgIpc) is 2.16. The number of ether oxygens (including phenoxy) is 1. The SMILES string of the molecule is CC=CCOC(CC)CNCCC. The first-order valence-corrected chi connectivity index (χ1v) is 5.28. The molecular weight excluding hydrogens is 162 g/mol. The Morgan fingerprint density at radius 1 is 1.38 bits per heavy atom. The number of nitrogens with one attached hydrogen (secondary N) is 1. The lowest BCUT2D eigenvalue weighted by Crippen LogP contribution is -2.29. The molecule has 0 radical (unpaired) electrons. The molecule has 0 amide bonds. The van der Waals surface area contributed by atoms with E-state index in [9.17, 15) is 0 Å². The third-order valence-corrected chi connectivity index (χ3v) is 1.92. The topological polar surface area (TPSA) is 21.3 Å². The molecule has 0 aliphatic rings. The second-order valence-corrected chi connectivity index (χ2v) is 3.14. The Balaban J connectivity index is 3.39. The molecule has 0 spiro atoms. The van der Waals surface area contributed by atoms with Crippen molar-refractivity contribution >= 4 is 0 Å². The molecule has 0 aliphatic carbocycles. The monoisotopic (exact) mass is 185 g/mol. The van der Waals surface area contributed by atoms with Crippen LogP contribution in [0.4, 0.5) is 0 Å². The van der Waals surface area contributed by atoms with Gasteiger partial charge in [0.15, 0.2) is 0 Å². The summed E-state index contributed by atoms with van der Waals surface area (Å²) in [5.41, 5.74) is 0. The fraction of sp³-hybridized carbons (Fsp3) is 0.818. The normalized spacial score (nSPS) is 13.8. The van der Waals surface area contributed by atoms with Gasteiger partial charge >= 0.3 is 0 Å². The van der Waals surface area contributed by atoms with Crippen molar-refractivity contribution in [1.29, 1.82) is 0 Å². The third kappa shape index (κ3) is 8.00. The maximum absolute atomic E-state index is 5.63. The van der Waals surface area contributed by atoms with Gasteiger partial charge in [-0.15, -0.1) is 0 Å². The molecule has 0 aromatic carbocycles. The zero-order valence-electron chi connectivity index (χ0n) is 9.18. The highest BCUT2D eigenvalue weighted by atomic mass is 16.5. The Bertz CT molecular complexity index is 123. The maximum atomic E-state index is 5.63. The summed E-state index contributed by atoms with van der Waals surface area (Å²) >= 11 is 0. The Hall–Kier alpha value is -0.340. The molecule has 1 unspecified atom stereocenters. The summed E-state index contributed by atoms with van der Waals surface area (Å²) in [6, 6.07) is 0.